The summed E-state index contributed by atoms with van der Waals surface area (Å²) in [6.07, 6.45) is 3.90. The standard InChI is InChI=1S/C15H30N2O2/c1-12(2)16-15(18)11-17-8-7-14(10-17)6-5-9-19-13(3)4/h12-14H,5-11H2,1-4H3,(H,16,18)/t14-/m1/s1. The second-order valence-electron chi connectivity index (χ2n) is 6.17. The monoisotopic (exact) mass is 270 g/mol. The van der Waals surface area contributed by atoms with Gasteiger partial charge in [0, 0.05) is 19.2 Å². The average molecular weight is 270 g/mol. The summed E-state index contributed by atoms with van der Waals surface area (Å²) in [4.78, 5) is 13.9. The first kappa shape index (κ1) is 16.4. The fraction of sp³-hybridized carbons (Fsp3) is 0.933. The highest BCUT2D eigenvalue weighted by molar-refractivity contribution is 5.78. The van der Waals surface area contributed by atoms with Crippen LogP contribution in [0.5, 0.6) is 0 Å². The van der Waals surface area contributed by atoms with E-state index in [1.165, 1.54) is 12.8 Å². The lowest BCUT2D eigenvalue weighted by Crippen LogP contribution is -2.39. The van der Waals surface area contributed by atoms with E-state index in [0.717, 1.165) is 32.0 Å². The van der Waals surface area contributed by atoms with Crippen LogP contribution in [-0.2, 0) is 9.53 Å². The van der Waals surface area contributed by atoms with Crippen LogP contribution in [0.25, 0.3) is 0 Å². The summed E-state index contributed by atoms with van der Waals surface area (Å²) >= 11 is 0. The van der Waals surface area contributed by atoms with Crippen LogP contribution in [0.4, 0.5) is 0 Å². The summed E-state index contributed by atoms with van der Waals surface area (Å²) < 4.78 is 5.56. The van der Waals surface area contributed by atoms with Gasteiger partial charge in [0.05, 0.1) is 12.6 Å². The molecule has 0 radical (unpaired) electrons. The molecule has 1 rings (SSSR count). The Hall–Kier alpha value is -0.610. The van der Waals surface area contributed by atoms with Gasteiger partial charge in [-0.25, -0.2) is 0 Å². The average Bonchev–Trinajstić information content (AvgIpc) is 2.70. The lowest BCUT2D eigenvalue weighted by atomic mass is 10.0. The van der Waals surface area contributed by atoms with Gasteiger partial charge in [0.1, 0.15) is 0 Å². The lowest BCUT2D eigenvalue weighted by Gasteiger charge is -2.17. The van der Waals surface area contributed by atoms with Gasteiger partial charge in [0.25, 0.3) is 0 Å². The Bertz CT molecular complexity index is 267. The molecule has 4 heteroatoms. The summed E-state index contributed by atoms with van der Waals surface area (Å²) in [7, 11) is 0. The largest absolute Gasteiger partial charge is 0.379 e. The number of nitrogens with zero attached hydrogens (tertiary/aromatic N) is 1. The molecule has 1 saturated heterocycles. The quantitative estimate of drug-likeness (QED) is 0.686. The molecule has 0 unspecified atom stereocenters. The summed E-state index contributed by atoms with van der Waals surface area (Å²) in [5.74, 6) is 0.890. The molecule has 0 saturated carbocycles. The van der Waals surface area contributed by atoms with Gasteiger partial charge in [-0.1, -0.05) is 0 Å². The molecule has 112 valence electrons. The van der Waals surface area contributed by atoms with E-state index in [0.29, 0.717) is 12.6 Å². The van der Waals surface area contributed by atoms with Crippen LogP contribution in [0.1, 0.15) is 47.0 Å². The summed E-state index contributed by atoms with van der Waals surface area (Å²) in [5.41, 5.74) is 0. The first-order valence-corrected chi connectivity index (χ1v) is 7.60. The van der Waals surface area contributed by atoms with Crippen LogP contribution in [-0.4, -0.2) is 49.2 Å². The third kappa shape index (κ3) is 7.53. The van der Waals surface area contributed by atoms with E-state index in [1.54, 1.807) is 0 Å². The zero-order valence-corrected chi connectivity index (χ0v) is 12.9. The van der Waals surface area contributed by atoms with Gasteiger partial charge in [-0.3, -0.25) is 9.69 Å². The molecule has 0 aromatic heterocycles. The molecule has 1 atom stereocenters. The number of ether oxygens (including phenoxy) is 1. The van der Waals surface area contributed by atoms with Gasteiger partial charge < -0.3 is 10.1 Å². The molecule has 0 spiro atoms. The van der Waals surface area contributed by atoms with Crippen LogP contribution in [0, 0.1) is 5.92 Å². The van der Waals surface area contributed by atoms with E-state index >= 15 is 0 Å². The molecular weight excluding hydrogens is 240 g/mol. The summed E-state index contributed by atoms with van der Waals surface area (Å²) in [6.45, 7) is 11.7. The molecular formula is C15H30N2O2. The van der Waals surface area contributed by atoms with Crippen molar-refractivity contribution in [3.05, 3.63) is 0 Å². The van der Waals surface area contributed by atoms with Crippen LogP contribution >= 0.6 is 0 Å². The molecule has 1 heterocycles. The van der Waals surface area contributed by atoms with Gasteiger partial charge in [0.2, 0.25) is 5.91 Å². The Labute approximate surface area is 117 Å². The zero-order valence-electron chi connectivity index (χ0n) is 12.9. The van der Waals surface area contributed by atoms with E-state index in [4.69, 9.17) is 4.74 Å². The molecule has 1 amide bonds. The van der Waals surface area contributed by atoms with Crippen LogP contribution in [0.3, 0.4) is 0 Å². The fourth-order valence-corrected chi connectivity index (χ4v) is 2.55. The third-order valence-electron chi connectivity index (χ3n) is 3.39. The SMILES string of the molecule is CC(C)NC(=O)CN1CC[C@@H](CCCOC(C)C)C1. The van der Waals surface area contributed by atoms with Crippen LogP contribution < -0.4 is 5.32 Å². The second kappa shape index (κ2) is 8.54. The van der Waals surface area contributed by atoms with Crippen molar-refractivity contribution in [3.8, 4) is 0 Å². The highest BCUT2D eigenvalue weighted by Gasteiger charge is 2.23. The number of likely N-dealkylation sites (tertiary alicyclic amines) is 1. The Balaban J connectivity index is 2.10. The van der Waals surface area contributed by atoms with E-state index in [1.807, 2.05) is 13.8 Å². The first-order chi connectivity index (χ1) is 8.97. The van der Waals surface area contributed by atoms with E-state index < -0.39 is 0 Å². The Kier molecular flexibility index (Phi) is 7.39. The van der Waals surface area contributed by atoms with Crippen molar-refractivity contribution >= 4 is 5.91 Å². The van der Waals surface area contributed by atoms with Crippen molar-refractivity contribution < 1.29 is 9.53 Å². The molecule has 0 aromatic rings. The van der Waals surface area contributed by atoms with Crippen molar-refractivity contribution in [3.63, 3.8) is 0 Å². The van der Waals surface area contributed by atoms with Gasteiger partial charge in [-0.05, 0) is 59.4 Å². The van der Waals surface area contributed by atoms with E-state index in [2.05, 4.69) is 24.1 Å². The predicted molar refractivity (Wildman–Crippen MR) is 78.1 cm³/mol. The lowest BCUT2D eigenvalue weighted by molar-refractivity contribution is -0.122. The van der Waals surface area contributed by atoms with Crippen molar-refractivity contribution in [1.29, 1.82) is 0 Å². The van der Waals surface area contributed by atoms with Crippen molar-refractivity contribution in [2.75, 3.05) is 26.2 Å². The Morgan fingerprint density at radius 3 is 2.74 bits per heavy atom. The highest BCUT2D eigenvalue weighted by atomic mass is 16.5. The normalized spacial score (nSPS) is 20.4. The van der Waals surface area contributed by atoms with Crippen LogP contribution in [0.15, 0.2) is 0 Å². The first-order valence-electron chi connectivity index (χ1n) is 7.60. The van der Waals surface area contributed by atoms with Gasteiger partial charge >= 0.3 is 0 Å². The maximum absolute atomic E-state index is 11.7. The maximum Gasteiger partial charge on any atom is 0.234 e. The molecule has 0 aliphatic carbocycles. The number of carbonyl (C=O) groups excluding carboxylic acids is 1. The fourth-order valence-electron chi connectivity index (χ4n) is 2.55. The molecule has 0 bridgehead atoms. The van der Waals surface area contributed by atoms with Gasteiger partial charge in [-0.2, -0.15) is 0 Å². The molecule has 1 aliphatic heterocycles. The smallest absolute Gasteiger partial charge is 0.234 e. The number of hydrogen-bond acceptors (Lipinski definition) is 3. The van der Waals surface area contributed by atoms with Crippen molar-refractivity contribution in [1.82, 2.24) is 10.2 Å². The Morgan fingerprint density at radius 2 is 2.11 bits per heavy atom. The summed E-state index contributed by atoms with van der Waals surface area (Å²) in [6, 6.07) is 0.235. The maximum atomic E-state index is 11.7. The van der Waals surface area contributed by atoms with Crippen molar-refractivity contribution in [2.45, 2.75) is 59.1 Å². The van der Waals surface area contributed by atoms with Gasteiger partial charge in [-0.15, -0.1) is 0 Å². The highest BCUT2D eigenvalue weighted by Crippen LogP contribution is 2.20. The number of amides is 1. The second-order valence-corrected chi connectivity index (χ2v) is 6.17. The minimum absolute atomic E-state index is 0.152. The van der Waals surface area contributed by atoms with Crippen LogP contribution in [0.2, 0.25) is 0 Å². The molecule has 0 aromatic carbocycles. The minimum atomic E-state index is 0.152. The third-order valence-corrected chi connectivity index (χ3v) is 3.39. The number of hydrogen-bond donors (Lipinski definition) is 1. The predicted octanol–water partition coefficient (Wildman–Crippen LogP) is 2.04. The topological polar surface area (TPSA) is 41.6 Å². The minimum Gasteiger partial charge on any atom is -0.379 e. The molecule has 1 fully saturated rings. The van der Waals surface area contributed by atoms with Gasteiger partial charge in [0.15, 0.2) is 0 Å². The van der Waals surface area contributed by atoms with E-state index in [-0.39, 0.29) is 11.9 Å². The van der Waals surface area contributed by atoms with E-state index in [9.17, 15) is 4.79 Å². The number of rotatable bonds is 8. The Morgan fingerprint density at radius 1 is 1.37 bits per heavy atom. The molecule has 1 aliphatic rings. The molecule has 4 nitrogen and oxygen atoms in total. The summed E-state index contributed by atoms with van der Waals surface area (Å²) in [5, 5.41) is 2.95. The molecule has 19 heavy (non-hydrogen) atoms. The zero-order chi connectivity index (χ0) is 14.3. The van der Waals surface area contributed by atoms with Crippen molar-refractivity contribution in [2.24, 2.45) is 5.92 Å². The molecule has 1 N–H and O–H groups in total. The number of nitrogens with one attached hydrogen (secondary N) is 1. The number of carbonyl (C=O) groups is 1.